The predicted octanol–water partition coefficient (Wildman–Crippen LogP) is 2.81. The van der Waals surface area contributed by atoms with E-state index >= 15 is 0 Å². The fourth-order valence-electron chi connectivity index (χ4n) is 4.34. The van der Waals surface area contributed by atoms with Crippen molar-refractivity contribution in [2.75, 3.05) is 19.7 Å². The molecule has 1 atom stereocenters. The maximum Gasteiger partial charge on any atom is 0.256 e. The van der Waals surface area contributed by atoms with Gasteiger partial charge >= 0.3 is 0 Å². The van der Waals surface area contributed by atoms with Gasteiger partial charge in [-0.2, -0.15) is 0 Å². The zero-order chi connectivity index (χ0) is 22.8. The smallest absolute Gasteiger partial charge is 0.256 e. The molecule has 3 rings (SSSR count). The number of benzene rings is 1. The summed E-state index contributed by atoms with van der Waals surface area (Å²) in [5, 5.41) is 2.92. The first kappa shape index (κ1) is 23.3. The van der Waals surface area contributed by atoms with Crippen LogP contribution in [0.4, 0.5) is 0 Å². The molecular weight excluding hydrogens is 394 g/mol. The number of piperidine rings is 1. The van der Waals surface area contributed by atoms with E-state index in [1.54, 1.807) is 17.0 Å². The third-order valence-electron chi connectivity index (χ3n) is 5.81. The van der Waals surface area contributed by atoms with Gasteiger partial charge in [0.25, 0.3) is 5.91 Å². The van der Waals surface area contributed by atoms with E-state index in [0.29, 0.717) is 37.9 Å². The average Bonchev–Trinajstić information content (AvgIpc) is 3.05. The molecule has 1 aromatic carbocycles. The van der Waals surface area contributed by atoms with Gasteiger partial charge in [0.2, 0.25) is 11.8 Å². The number of amides is 3. The van der Waals surface area contributed by atoms with Crippen molar-refractivity contribution in [2.45, 2.75) is 71.7 Å². The first-order valence-corrected chi connectivity index (χ1v) is 11.1. The van der Waals surface area contributed by atoms with E-state index in [1.807, 2.05) is 36.9 Å². The fourth-order valence-corrected chi connectivity index (χ4v) is 4.34. The third kappa shape index (κ3) is 5.26. The largest absolute Gasteiger partial charge is 0.353 e. The zero-order valence-electron chi connectivity index (χ0n) is 19.3. The molecule has 7 heteroatoms. The van der Waals surface area contributed by atoms with E-state index in [2.05, 4.69) is 26.1 Å². The summed E-state index contributed by atoms with van der Waals surface area (Å²) in [5.74, 6) is -0.297. The molecule has 3 amide bonds. The summed E-state index contributed by atoms with van der Waals surface area (Å²) >= 11 is 0. The van der Waals surface area contributed by atoms with Crippen molar-refractivity contribution in [1.82, 2.24) is 15.1 Å². The van der Waals surface area contributed by atoms with Crippen molar-refractivity contribution in [1.29, 1.82) is 0 Å². The molecule has 0 aromatic heterocycles. The van der Waals surface area contributed by atoms with Gasteiger partial charge in [0.1, 0.15) is 11.8 Å². The molecule has 7 nitrogen and oxygen atoms in total. The highest BCUT2D eigenvalue weighted by atomic mass is 16.5. The lowest BCUT2D eigenvalue weighted by molar-refractivity contribution is -0.145. The minimum atomic E-state index is -0.871. The molecule has 0 radical (unpaired) electrons. The molecule has 2 fully saturated rings. The van der Waals surface area contributed by atoms with Gasteiger partial charge in [0.05, 0.1) is 6.61 Å². The van der Waals surface area contributed by atoms with Crippen LogP contribution < -0.4 is 5.32 Å². The van der Waals surface area contributed by atoms with Crippen molar-refractivity contribution in [3.8, 4) is 0 Å². The summed E-state index contributed by atoms with van der Waals surface area (Å²) in [4.78, 5) is 42.6. The summed E-state index contributed by atoms with van der Waals surface area (Å²) in [6, 6.07) is 8.28. The lowest BCUT2D eigenvalue weighted by atomic mass is 9.90. The van der Waals surface area contributed by atoms with E-state index in [-0.39, 0.29) is 35.8 Å². The van der Waals surface area contributed by atoms with Crippen molar-refractivity contribution in [2.24, 2.45) is 5.41 Å². The van der Waals surface area contributed by atoms with Crippen LogP contribution in [0, 0.1) is 5.41 Å². The lowest BCUT2D eigenvalue weighted by Crippen LogP contribution is -2.60. The Hall–Kier alpha value is -2.41. The summed E-state index contributed by atoms with van der Waals surface area (Å²) in [7, 11) is 0. The Bertz CT molecular complexity index is 808. The van der Waals surface area contributed by atoms with Gasteiger partial charge in [-0.25, -0.2) is 0 Å². The van der Waals surface area contributed by atoms with E-state index < -0.39 is 11.8 Å². The number of rotatable bonds is 4. The highest BCUT2D eigenvalue weighted by Gasteiger charge is 2.54. The number of carbonyl (C=O) groups excluding carboxylic acids is 3. The number of nitrogens with zero attached hydrogens (tertiary/aromatic N) is 2. The number of carbonyl (C=O) groups is 3. The summed E-state index contributed by atoms with van der Waals surface area (Å²) < 4.78 is 6.19. The molecule has 1 unspecified atom stereocenters. The first-order valence-electron chi connectivity index (χ1n) is 11.1. The van der Waals surface area contributed by atoms with Gasteiger partial charge in [-0.1, -0.05) is 39.0 Å². The molecule has 1 aromatic rings. The van der Waals surface area contributed by atoms with Crippen molar-refractivity contribution in [3.05, 3.63) is 35.9 Å². The van der Waals surface area contributed by atoms with Crippen LogP contribution in [-0.4, -0.2) is 65.0 Å². The summed E-state index contributed by atoms with van der Waals surface area (Å²) in [6.45, 7) is 11.1. The molecule has 170 valence electrons. The van der Waals surface area contributed by atoms with Gasteiger partial charge in [-0.15, -0.1) is 0 Å². The molecule has 0 saturated carbocycles. The quantitative estimate of drug-likeness (QED) is 0.798. The van der Waals surface area contributed by atoms with Crippen LogP contribution in [0.1, 0.15) is 64.2 Å². The van der Waals surface area contributed by atoms with E-state index in [0.717, 1.165) is 0 Å². The maximum absolute atomic E-state index is 13.5. The Labute approximate surface area is 185 Å². The number of likely N-dealkylation sites (tertiary alicyclic amines) is 1. The SMILES string of the molecule is CC(C)NC(=O)C1COC2(CCN(C(=O)CC(C)(C)C)CC2)N1C(=O)c1ccccc1. The average molecular weight is 430 g/mol. The minimum absolute atomic E-state index is 0.0328. The van der Waals surface area contributed by atoms with Crippen LogP contribution in [0.2, 0.25) is 0 Å². The Kier molecular flexibility index (Phi) is 6.74. The van der Waals surface area contributed by atoms with E-state index in [1.165, 1.54) is 0 Å². The Morgan fingerprint density at radius 1 is 1.13 bits per heavy atom. The maximum atomic E-state index is 13.5. The van der Waals surface area contributed by atoms with Crippen molar-refractivity contribution >= 4 is 17.7 Å². The van der Waals surface area contributed by atoms with Crippen LogP contribution >= 0.6 is 0 Å². The van der Waals surface area contributed by atoms with Crippen LogP contribution in [0.25, 0.3) is 0 Å². The number of hydrogen-bond donors (Lipinski definition) is 1. The molecule has 1 N–H and O–H groups in total. The van der Waals surface area contributed by atoms with Crippen LogP contribution in [0.15, 0.2) is 30.3 Å². The highest BCUT2D eigenvalue weighted by molar-refractivity contribution is 5.98. The van der Waals surface area contributed by atoms with Gasteiger partial charge in [-0.3, -0.25) is 19.3 Å². The second-order valence-corrected chi connectivity index (χ2v) is 10.1. The first-order chi connectivity index (χ1) is 14.5. The normalized spacial score (nSPS) is 20.9. The van der Waals surface area contributed by atoms with Gasteiger partial charge in [0.15, 0.2) is 0 Å². The van der Waals surface area contributed by atoms with Gasteiger partial charge < -0.3 is 15.0 Å². The van der Waals surface area contributed by atoms with Crippen molar-refractivity contribution in [3.63, 3.8) is 0 Å². The van der Waals surface area contributed by atoms with Crippen LogP contribution in [0.3, 0.4) is 0 Å². The summed E-state index contributed by atoms with van der Waals surface area (Å²) in [6.07, 6.45) is 1.47. The van der Waals surface area contributed by atoms with E-state index in [9.17, 15) is 14.4 Å². The topological polar surface area (TPSA) is 79.0 Å². The molecule has 2 saturated heterocycles. The Morgan fingerprint density at radius 3 is 2.29 bits per heavy atom. The van der Waals surface area contributed by atoms with Crippen LogP contribution in [0.5, 0.6) is 0 Å². The van der Waals surface area contributed by atoms with Gasteiger partial charge in [0, 0.05) is 44.0 Å². The molecule has 2 heterocycles. The second-order valence-electron chi connectivity index (χ2n) is 10.1. The number of nitrogens with one attached hydrogen (secondary N) is 1. The molecular formula is C24H35N3O4. The van der Waals surface area contributed by atoms with Crippen molar-refractivity contribution < 1.29 is 19.1 Å². The fraction of sp³-hybridized carbons (Fsp3) is 0.625. The Morgan fingerprint density at radius 2 is 1.74 bits per heavy atom. The minimum Gasteiger partial charge on any atom is -0.353 e. The molecule has 0 bridgehead atoms. The van der Waals surface area contributed by atoms with Crippen LogP contribution in [-0.2, 0) is 14.3 Å². The molecule has 0 aliphatic carbocycles. The van der Waals surface area contributed by atoms with E-state index in [4.69, 9.17) is 4.74 Å². The number of ether oxygens (including phenoxy) is 1. The predicted molar refractivity (Wildman–Crippen MR) is 118 cm³/mol. The zero-order valence-corrected chi connectivity index (χ0v) is 19.3. The van der Waals surface area contributed by atoms with Gasteiger partial charge in [-0.05, 0) is 31.4 Å². The second kappa shape index (κ2) is 8.99. The highest BCUT2D eigenvalue weighted by Crippen LogP contribution is 2.39. The molecule has 2 aliphatic heterocycles. The Balaban J connectivity index is 1.82. The number of hydrogen-bond acceptors (Lipinski definition) is 4. The molecule has 31 heavy (non-hydrogen) atoms. The lowest BCUT2D eigenvalue weighted by Gasteiger charge is -2.45. The summed E-state index contributed by atoms with van der Waals surface area (Å²) in [5.41, 5.74) is -0.420. The third-order valence-corrected chi connectivity index (χ3v) is 5.81. The monoisotopic (exact) mass is 429 g/mol. The molecule has 2 aliphatic rings. The standard InChI is InChI=1S/C24H35N3O4/c1-17(2)25-21(29)19-16-31-24(27(19)22(30)18-9-7-6-8-10-18)11-13-26(14-12-24)20(28)15-23(3,4)5/h6-10,17,19H,11-16H2,1-5H3,(H,25,29). The molecule has 1 spiro atoms.